The van der Waals surface area contributed by atoms with E-state index in [1.54, 1.807) is 0 Å². The molecule has 55 heavy (non-hydrogen) atoms. The quantitative estimate of drug-likeness (QED) is 0.123. The Labute approximate surface area is 338 Å². The number of aromatic nitrogens is 3. The van der Waals surface area contributed by atoms with Crippen LogP contribution in [0, 0.1) is 12.1 Å². The van der Waals surface area contributed by atoms with Crippen LogP contribution in [0.1, 0.15) is 50.7 Å². The average Bonchev–Trinajstić information content (AvgIpc) is 3.75. The number of fused-ring (bicyclic) bond motifs is 5. The molecule has 0 fully saturated rings. The van der Waals surface area contributed by atoms with Gasteiger partial charge >= 0.3 is 0 Å². The molecule has 0 aliphatic carbocycles. The first-order chi connectivity index (χ1) is 26.1. The van der Waals surface area contributed by atoms with E-state index in [0.717, 1.165) is 55.6 Å². The normalized spacial score (nSPS) is 11.7. The van der Waals surface area contributed by atoms with Crippen molar-refractivity contribution in [2.24, 2.45) is 0 Å². The van der Waals surface area contributed by atoms with E-state index in [1.165, 1.54) is 32.8 Å². The zero-order valence-electron chi connectivity index (χ0n) is 32.4. The van der Waals surface area contributed by atoms with Crippen molar-refractivity contribution >= 4 is 57.0 Å². The van der Waals surface area contributed by atoms with Crippen LogP contribution < -0.4 is 5.19 Å². The molecule has 3 heterocycles. The van der Waals surface area contributed by atoms with Gasteiger partial charge in [0.25, 0.3) is 0 Å². The summed E-state index contributed by atoms with van der Waals surface area (Å²) in [6, 6.07) is 51.0. The maximum atomic E-state index is 6.06. The van der Waals surface area contributed by atoms with Crippen molar-refractivity contribution in [2.75, 3.05) is 0 Å². The van der Waals surface area contributed by atoms with E-state index in [1.807, 2.05) is 30.5 Å². The second-order valence-corrected chi connectivity index (χ2v) is 20.8. The van der Waals surface area contributed by atoms with Crippen molar-refractivity contribution in [1.29, 1.82) is 0 Å². The number of benzene rings is 6. The Morgan fingerprint density at radius 3 is 2.07 bits per heavy atom. The average molecular weight is 912 g/mol. The molecule has 6 heteroatoms. The van der Waals surface area contributed by atoms with Gasteiger partial charge in [0.2, 0.25) is 0 Å². The van der Waals surface area contributed by atoms with Gasteiger partial charge in [-0.3, -0.25) is 4.98 Å². The molecule has 3 aromatic heterocycles. The molecule has 277 valence electrons. The molecular formula is C49H45IrN3OSi-2. The largest absolute Gasteiger partial charge is 0.500 e. The van der Waals surface area contributed by atoms with Crippen molar-refractivity contribution in [3.05, 3.63) is 157 Å². The summed E-state index contributed by atoms with van der Waals surface area (Å²) in [5.41, 5.74) is 10.8. The van der Waals surface area contributed by atoms with Gasteiger partial charge in [0.1, 0.15) is 5.58 Å². The van der Waals surface area contributed by atoms with Gasteiger partial charge in [0.05, 0.1) is 30.5 Å². The first kappa shape index (κ1) is 38.2. The van der Waals surface area contributed by atoms with Crippen LogP contribution in [0.2, 0.25) is 19.6 Å². The van der Waals surface area contributed by atoms with Crippen LogP contribution in [0.5, 0.6) is 0 Å². The Morgan fingerprint density at radius 2 is 1.36 bits per heavy atom. The van der Waals surface area contributed by atoms with E-state index in [-0.39, 0.29) is 20.1 Å². The SMILES string of the molecule is CC(C)c1cccc(C(C)C)c1-n1c(-c2[c-]cc3oc4ccccc4c3c2)nc2ccccc21.C[Si](C)(C)c1ccc(-c2[c-]ccc3ccccc23)nc1.[Ir]. The number of hydrogen-bond donors (Lipinski definition) is 0. The van der Waals surface area contributed by atoms with Gasteiger partial charge in [-0.25, -0.2) is 0 Å². The van der Waals surface area contributed by atoms with Crippen LogP contribution >= 0.6 is 0 Å². The predicted octanol–water partition coefficient (Wildman–Crippen LogP) is 12.9. The second kappa shape index (κ2) is 15.5. The van der Waals surface area contributed by atoms with Gasteiger partial charge in [-0.2, -0.15) is 0 Å². The maximum Gasteiger partial charge on any atom is 0.120 e. The van der Waals surface area contributed by atoms with E-state index in [9.17, 15) is 0 Å². The molecule has 0 saturated carbocycles. The van der Waals surface area contributed by atoms with Crippen molar-refractivity contribution in [1.82, 2.24) is 14.5 Å². The van der Waals surface area contributed by atoms with Gasteiger partial charge in [-0.15, -0.1) is 52.9 Å². The molecule has 0 aliphatic rings. The molecule has 4 nitrogen and oxygen atoms in total. The molecule has 0 spiro atoms. The first-order valence-corrected chi connectivity index (χ1v) is 22.4. The fourth-order valence-corrected chi connectivity index (χ4v) is 8.40. The summed E-state index contributed by atoms with van der Waals surface area (Å²) < 4.78 is 8.41. The molecule has 0 amide bonds. The number of pyridine rings is 1. The van der Waals surface area contributed by atoms with Crippen LogP contribution in [-0.4, -0.2) is 22.6 Å². The number of nitrogens with zero attached hydrogens (tertiary/aromatic N) is 3. The van der Waals surface area contributed by atoms with Crippen molar-refractivity contribution in [3.63, 3.8) is 0 Å². The Morgan fingerprint density at radius 1 is 0.673 bits per heavy atom. The number of imidazole rings is 1. The van der Waals surface area contributed by atoms with Crippen LogP contribution in [-0.2, 0) is 20.1 Å². The first-order valence-electron chi connectivity index (χ1n) is 18.9. The molecule has 6 aromatic carbocycles. The van der Waals surface area contributed by atoms with Gasteiger partial charge in [0.15, 0.2) is 0 Å². The molecule has 0 saturated heterocycles. The molecule has 0 N–H and O–H groups in total. The third kappa shape index (κ3) is 7.35. The van der Waals surface area contributed by atoms with Crippen molar-refractivity contribution < 1.29 is 24.5 Å². The minimum Gasteiger partial charge on any atom is -0.500 e. The zero-order chi connectivity index (χ0) is 37.6. The molecule has 0 unspecified atom stereocenters. The summed E-state index contributed by atoms with van der Waals surface area (Å²) in [6.07, 6.45) is 2.04. The van der Waals surface area contributed by atoms with E-state index in [0.29, 0.717) is 11.8 Å². The van der Waals surface area contributed by atoms with E-state index in [2.05, 4.69) is 172 Å². The Kier molecular flexibility index (Phi) is 10.8. The zero-order valence-corrected chi connectivity index (χ0v) is 35.8. The van der Waals surface area contributed by atoms with Gasteiger partial charge in [-0.05, 0) is 52.0 Å². The minimum absolute atomic E-state index is 0. The van der Waals surface area contributed by atoms with Crippen LogP contribution in [0.3, 0.4) is 0 Å². The Hall–Kier alpha value is -5.13. The summed E-state index contributed by atoms with van der Waals surface area (Å²) in [5, 5.41) is 6.03. The number of para-hydroxylation sites is 4. The Bertz CT molecular complexity index is 2740. The smallest absolute Gasteiger partial charge is 0.120 e. The predicted molar refractivity (Wildman–Crippen MR) is 230 cm³/mol. The van der Waals surface area contributed by atoms with Crippen LogP contribution in [0.15, 0.2) is 138 Å². The van der Waals surface area contributed by atoms with Crippen LogP contribution in [0.4, 0.5) is 0 Å². The van der Waals surface area contributed by atoms with Crippen molar-refractivity contribution in [2.45, 2.75) is 59.2 Å². The van der Waals surface area contributed by atoms with Crippen LogP contribution in [0.25, 0.3) is 72.1 Å². The van der Waals surface area contributed by atoms with Gasteiger partial charge < -0.3 is 14.0 Å². The van der Waals surface area contributed by atoms with E-state index < -0.39 is 8.07 Å². The summed E-state index contributed by atoms with van der Waals surface area (Å²) in [5.74, 6) is 1.67. The Balaban J connectivity index is 0.000000190. The third-order valence-corrected chi connectivity index (χ3v) is 12.3. The summed E-state index contributed by atoms with van der Waals surface area (Å²) in [7, 11) is -1.28. The molecule has 9 aromatic rings. The van der Waals surface area contributed by atoms with E-state index >= 15 is 0 Å². The summed E-state index contributed by atoms with van der Waals surface area (Å²) in [6.45, 7) is 16.1. The molecule has 9 rings (SSSR count). The number of rotatable bonds is 6. The van der Waals surface area contributed by atoms with E-state index in [4.69, 9.17) is 9.40 Å². The summed E-state index contributed by atoms with van der Waals surface area (Å²) in [4.78, 5) is 9.80. The number of furan rings is 1. The fourth-order valence-electron chi connectivity index (χ4n) is 7.36. The van der Waals surface area contributed by atoms with Gasteiger partial charge in [0, 0.05) is 37.4 Å². The standard InChI is InChI=1S/C31H27N2O.C18H18NSi.Ir/c1-19(2)22-11-9-12-23(20(3)4)30(22)33-27-14-7-6-13-26(27)32-31(33)21-16-17-29-25(18-21)24-10-5-8-15-28(24)34-29;1-20(2,3)15-11-12-18(19-13-15)17-10-6-8-14-7-4-5-9-16(14)17;/h5-15,17-20H,1-4H3;4-9,11-13H,1-3H3;/q2*-1;. The summed E-state index contributed by atoms with van der Waals surface area (Å²) >= 11 is 0. The number of hydrogen-bond acceptors (Lipinski definition) is 3. The third-order valence-electron chi connectivity index (χ3n) is 10.3. The maximum absolute atomic E-state index is 6.06. The molecule has 0 atom stereocenters. The molecule has 1 radical (unpaired) electrons. The minimum atomic E-state index is -1.28. The van der Waals surface area contributed by atoms with Crippen molar-refractivity contribution in [3.8, 4) is 28.3 Å². The van der Waals surface area contributed by atoms with Gasteiger partial charge in [-0.1, -0.05) is 143 Å². The fraction of sp³-hybridized carbons (Fsp3) is 0.184. The molecular weight excluding hydrogens is 867 g/mol. The monoisotopic (exact) mass is 912 g/mol. The second-order valence-electron chi connectivity index (χ2n) is 15.7. The topological polar surface area (TPSA) is 43.9 Å². The molecule has 0 bridgehead atoms. The molecule has 0 aliphatic heterocycles.